The molecular formula is C17H17FO. The summed E-state index contributed by atoms with van der Waals surface area (Å²) in [6, 6.07) is 12.8. The van der Waals surface area contributed by atoms with E-state index >= 15 is 0 Å². The van der Waals surface area contributed by atoms with Crippen molar-refractivity contribution in [3.8, 4) is 5.75 Å². The van der Waals surface area contributed by atoms with Crippen molar-refractivity contribution >= 4 is 0 Å². The van der Waals surface area contributed by atoms with E-state index in [4.69, 9.17) is 4.74 Å². The molecule has 0 atom stereocenters. The van der Waals surface area contributed by atoms with Crippen LogP contribution in [0.5, 0.6) is 5.75 Å². The fourth-order valence-corrected chi connectivity index (χ4v) is 2.55. The van der Waals surface area contributed by atoms with E-state index in [1.807, 2.05) is 6.07 Å². The molecule has 1 aliphatic carbocycles. The minimum absolute atomic E-state index is 0.211. The summed E-state index contributed by atoms with van der Waals surface area (Å²) in [6.07, 6.45) is 4.91. The van der Waals surface area contributed by atoms with Crippen LogP contribution in [-0.4, -0.2) is 0 Å². The van der Waals surface area contributed by atoms with Crippen molar-refractivity contribution < 1.29 is 9.13 Å². The number of fused-ring (bicyclic) bond motifs is 1. The van der Waals surface area contributed by atoms with E-state index in [2.05, 4.69) is 12.1 Å². The molecule has 1 nitrogen and oxygen atoms in total. The molecule has 3 rings (SSSR count). The average molecular weight is 256 g/mol. The first-order chi connectivity index (χ1) is 9.31. The first-order valence-electron chi connectivity index (χ1n) is 6.80. The summed E-state index contributed by atoms with van der Waals surface area (Å²) in [5.41, 5.74) is 3.86. The number of benzene rings is 2. The molecule has 0 amide bonds. The minimum atomic E-state index is -0.211. The molecule has 2 aromatic carbocycles. The molecule has 0 saturated heterocycles. The lowest BCUT2D eigenvalue weighted by atomic mass is 9.92. The van der Waals surface area contributed by atoms with Crippen LogP contribution >= 0.6 is 0 Å². The van der Waals surface area contributed by atoms with Crippen molar-refractivity contribution in [3.63, 3.8) is 0 Å². The van der Waals surface area contributed by atoms with Gasteiger partial charge in [-0.05, 0) is 66.6 Å². The summed E-state index contributed by atoms with van der Waals surface area (Å²) < 4.78 is 18.6. The van der Waals surface area contributed by atoms with Crippen LogP contribution in [0.4, 0.5) is 4.39 Å². The first-order valence-corrected chi connectivity index (χ1v) is 6.80. The average Bonchev–Trinajstić information content (AvgIpc) is 2.46. The summed E-state index contributed by atoms with van der Waals surface area (Å²) in [5, 5.41) is 0. The van der Waals surface area contributed by atoms with Gasteiger partial charge in [0.05, 0.1) is 0 Å². The summed E-state index contributed by atoms with van der Waals surface area (Å²) in [6.45, 7) is 0.485. The van der Waals surface area contributed by atoms with Gasteiger partial charge in [0.15, 0.2) is 0 Å². The van der Waals surface area contributed by atoms with Crippen LogP contribution in [0.15, 0.2) is 42.5 Å². The molecular weight excluding hydrogens is 239 g/mol. The Balaban J connectivity index is 1.68. The number of hydrogen-bond donors (Lipinski definition) is 0. The second kappa shape index (κ2) is 5.43. The number of rotatable bonds is 3. The Morgan fingerprint density at radius 2 is 1.63 bits per heavy atom. The number of ether oxygens (including phenoxy) is 1. The van der Waals surface area contributed by atoms with Gasteiger partial charge in [0.1, 0.15) is 18.2 Å². The van der Waals surface area contributed by atoms with E-state index in [9.17, 15) is 4.39 Å². The van der Waals surface area contributed by atoms with Crippen LogP contribution in [0.1, 0.15) is 29.5 Å². The molecule has 0 aromatic heterocycles. The molecule has 98 valence electrons. The van der Waals surface area contributed by atoms with Gasteiger partial charge in [0, 0.05) is 0 Å². The molecule has 0 spiro atoms. The van der Waals surface area contributed by atoms with Gasteiger partial charge in [-0.1, -0.05) is 18.2 Å². The second-order valence-electron chi connectivity index (χ2n) is 5.05. The quantitative estimate of drug-likeness (QED) is 0.796. The molecule has 0 heterocycles. The smallest absolute Gasteiger partial charge is 0.123 e. The van der Waals surface area contributed by atoms with Crippen LogP contribution in [0, 0.1) is 5.82 Å². The fraction of sp³-hybridized carbons (Fsp3) is 0.294. The van der Waals surface area contributed by atoms with Gasteiger partial charge < -0.3 is 4.74 Å². The number of aryl methyl sites for hydroxylation is 2. The monoisotopic (exact) mass is 256 g/mol. The normalized spacial score (nSPS) is 13.9. The van der Waals surface area contributed by atoms with E-state index in [0.717, 1.165) is 17.7 Å². The Bertz CT molecular complexity index is 560. The highest BCUT2D eigenvalue weighted by Gasteiger charge is 2.09. The highest BCUT2D eigenvalue weighted by Crippen LogP contribution is 2.25. The zero-order chi connectivity index (χ0) is 13.1. The molecule has 0 fully saturated rings. The largest absolute Gasteiger partial charge is 0.489 e. The zero-order valence-corrected chi connectivity index (χ0v) is 10.9. The molecule has 0 saturated carbocycles. The Kier molecular flexibility index (Phi) is 3.49. The molecule has 0 radical (unpaired) electrons. The lowest BCUT2D eigenvalue weighted by Gasteiger charge is -2.16. The van der Waals surface area contributed by atoms with Crippen molar-refractivity contribution in [2.24, 2.45) is 0 Å². The van der Waals surface area contributed by atoms with Gasteiger partial charge in [-0.25, -0.2) is 4.39 Å². The standard InChI is InChI=1S/C17H17FO/c18-16-8-5-13(6-9-16)12-19-17-10-7-14-3-1-2-4-15(14)11-17/h5-11H,1-4,12H2. The van der Waals surface area contributed by atoms with Gasteiger partial charge in [-0.15, -0.1) is 0 Å². The fourth-order valence-electron chi connectivity index (χ4n) is 2.55. The van der Waals surface area contributed by atoms with Gasteiger partial charge in [0.2, 0.25) is 0 Å². The van der Waals surface area contributed by atoms with Crippen molar-refractivity contribution in [3.05, 3.63) is 65.0 Å². The Morgan fingerprint density at radius 1 is 0.895 bits per heavy atom. The maximum absolute atomic E-state index is 12.8. The second-order valence-corrected chi connectivity index (χ2v) is 5.05. The summed E-state index contributed by atoms with van der Waals surface area (Å²) in [5.74, 6) is 0.697. The lowest BCUT2D eigenvalue weighted by molar-refractivity contribution is 0.305. The Hall–Kier alpha value is -1.83. The zero-order valence-electron chi connectivity index (χ0n) is 10.9. The van der Waals surface area contributed by atoms with Crippen molar-refractivity contribution in [1.29, 1.82) is 0 Å². The van der Waals surface area contributed by atoms with Crippen molar-refractivity contribution in [2.45, 2.75) is 32.3 Å². The highest BCUT2D eigenvalue weighted by atomic mass is 19.1. The molecule has 0 N–H and O–H groups in total. The Morgan fingerprint density at radius 3 is 2.42 bits per heavy atom. The van der Waals surface area contributed by atoms with Gasteiger partial charge in [-0.2, -0.15) is 0 Å². The summed E-state index contributed by atoms with van der Waals surface area (Å²) >= 11 is 0. The molecule has 2 heteroatoms. The third-order valence-corrected chi connectivity index (χ3v) is 3.64. The lowest BCUT2D eigenvalue weighted by Crippen LogP contribution is -2.03. The van der Waals surface area contributed by atoms with Gasteiger partial charge >= 0.3 is 0 Å². The van der Waals surface area contributed by atoms with Crippen molar-refractivity contribution in [2.75, 3.05) is 0 Å². The summed E-state index contributed by atoms with van der Waals surface area (Å²) in [4.78, 5) is 0. The molecule has 0 unspecified atom stereocenters. The maximum Gasteiger partial charge on any atom is 0.123 e. The van der Waals surface area contributed by atoms with Crippen LogP contribution in [-0.2, 0) is 19.4 Å². The summed E-state index contributed by atoms with van der Waals surface area (Å²) in [7, 11) is 0. The first kappa shape index (κ1) is 12.2. The van der Waals surface area contributed by atoms with E-state index in [-0.39, 0.29) is 5.82 Å². The predicted molar refractivity (Wildman–Crippen MR) is 73.8 cm³/mol. The van der Waals surface area contributed by atoms with Gasteiger partial charge in [-0.3, -0.25) is 0 Å². The SMILES string of the molecule is Fc1ccc(COc2ccc3c(c2)CCCC3)cc1. The van der Waals surface area contributed by atoms with Crippen LogP contribution in [0.2, 0.25) is 0 Å². The third kappa shape index (κ3) is 2.95. The van der Waals surface area contributed by atoms with Crippen LogP contribution in [0.3, 0.4) is 0 Å². The number of halogens is 1. The number of hydrogen-bond acceptors (Lipinski definition) is 1. The molecule has 19 heavy (non-hydrogen) atoms. The maximum atomic E-state index is 12.8. The van der Waals surface area contributed by atoms with E-state index in [1.165, 1.54) is 42.5 Å². The van der Waals surface area contributed by atoms with E-state index in [0.29, 0.717) is 6.61 Å². The highest BCUT2D eigenvalue weighted by molar-refractivity contribution is 5.37. The van der Waals surface area contributed by atoms with Crippen LogP contribution < -0.4 is 4.74 Å². The van der Waals surface area contributed by atoms with Crippen LogP contribution in [0.25, 0.3) is 0 Å². The molecule has 2 aromatic rings. The third-order valence-electron chi connectivity index (χ3n) is 3.64. The topological polar surface area (TPSA) is 9.23 Å². The molecule has 0 aliphatic heterocycles. The van der Waals surface area contributed by atoms with E-state index in [1.54, 1.807) is 12.1 Å². The minimum Gasteiger partial charge on any atom is -0.489 e. The predicted octanol–water partition coefficient (Wildman–Crippen LogP) is 4.28. The van der Waals surface area contributed by atoms with E-state index < -0.39 is 0 Å². The van der Waals surface area contributed by atoms with Crippen molar-refractivity contribution in [1.82, 2.24) is 0 Å². The Labute approximate surface area is 113 Å². The van der Waals surface area contributed by atoms with Gasteiger partial charge in [0.25, 0.3) is 0 Å². The molecule has 1 aliphatic rings. The molecule has 0 bridgehead atoms.